The molecular weight excluding hydrogens is 458 g/mol. The highest BCUT2D eigenvalue weighted by molar-refractivity contribution is 9.10. The number of nitrogens with zero attached hydrogens (tertiary/aromatic N) is 4. The SMILES string of the molecule is C=CCSC1=NN2C(=c3cc(Br)ccc3=N[C@@H]2c2cccc([N+](=O)[O-])c2)C(=O)N1. The average molecular weight is 472 g/mol. The quantitative estimate of drug-likeness (QED) is 0.419. The van der Waals surface area contributed by atoms with Gasteiger partial charge in [0.1, 0.15) is 5.70 Å². The van der Waals surface area contributed by atoms with Crippen molar-refractivity contribution < 1.29 is 9.72 Å². The van der Waals surface area contributed by atoms with Crippen LogP contribution in [0.15, 0.2) is 69.7 Å². The number of thioether (sulfide) groups is 1. The number of nitro benzene ring substituents is 1. The number of halogens is 1. The summed E-state index contributed by atoms with van der Waals surface area (Å²) in [6.45, 7) is 3.68. The van der Waals surface area contributed by atoms with Crippen LogP contribution < -0.4 is 15.9 Å². The molecular formula is C19H14BrN5O3S. The van der Waals surface area contributed by atoms with E-state index in [0.717, 1.165) is 4.47 Å². The zero-order chi connectivity index (χ0) is 20.5. The number of fused-ring (bicyclic) bond motifs is 2. The number of nitrogens with one attached hydrogen (secondary N) is 1. The van der Waals surface area contributed by atoms with Crippen molar-refractivity contribution in [1.29, 1.82) is 0 Å². The maximum Gasteiger partial charge on any atom is 0.276 e. The van der Waals surface area contributed by atoms with Crippen molar-refractivity contribution in [2.24, 2.45) is 10.1 Å². The minimum absolute atomic E-state index is 0.0486. The molecule has 1 N–H and O–H groups in total. The molecule has 146 valence electrons. The second-order valence-corrected chi connectivity index (χ2v) is 8.09. The third-order valence-electron chi connectivity index (χ3n) is 4.29. The van der Waals surface area contributed by atoms with Crippen molar-refractivity contribution >= 4 is 50.2 Å². The van der Waals surface area contributed by atoms with E-state index in [0.29, 0.717) is 32.8 Å². The lowest BCUT2D eigenvalue weighted by molar-refractivity contribution is -0.384. The van der Waals surface area contributed by atoms with Gasteiger partial charge < -0.3 is 0 Å². The fourth-order valence-electron chi connectivity index (χ4n) is 3.07. The zero-order valence-corrected chi connectivity index (χ0v) is 17.3. The Labute approximate surface area is 178 Å². The molecule has 1 atom stereocenters. The Hall–Kier alpha value is -2.98. The van der Waals surface area contributed by atoms with E-state index in [1.165, 1.54) is 28.9 Å². The van der Waals surface area contributed by atoms with Gasteiger partial charge in [-0.2, -0.15) is 0 Å². The average Bonchev–Trinajstić information content (AvgIpc) is 2.71. The summed E-state index contributed by atoms with van der Waals surface area (Å²) >= 11 is 4.76. The molecule has 0 aromatic heterocycles. The van der Waals surface area contributed by atoms with Gasteiger partial charge in [0.05, 0.1) is 10.3 Å². The van der Waals surface area contributed by atoms with Gasteiger partial charge in [0, 0.05) is 33.1 Å². The highest BCUT2D eigenvalue weighted by Gasteiger charge is 2.34. The van der Waals surface area contributed by atoms with E-state index in [9.17, 15) is 14.9 Å². The van der Waals surface area contributed by atoms with Crippen LogP contribution in [0.2, 0.25) is 0 Å². The van der Waals surface area contributed by atoms with E-state index in [1.807, 2.05) is 12.1 Å². The van der Waals surface area contributed by atoms with Crippen molar-refractivity contribution in [3.63, 3.8) is 0 Å². The molecule has 0 saturated carbocycles. The van der Waals surface area contributed by atoms with Gasteiger partial charge >= 0.3 is 0 Å². The van der Waals surface area contributed by atoms with E-state index in [4.69, 9.17) is 4.99 Å². The normalized spacial score (nSPS) is 17.5. The molecule has 8 nitrogen and oxygen atoms in total. The second kappa shape index (κ2) is 7.80. The number of amidine groups is 1. The molecule has 29 heavy (non-hydrogen) atoms. The number of carbonyl (C=O) groups excluding carboxylic acids is 1. The molecule has 0 radical (unpaired) electrons. The summed E-state index contributed by atoms with van der Waals surface area (Å²) in [4.78, 5) is 28.5. The van der Waals surface area contributed by atoms with E-state index in [1.54, 1.807) is 24.3 Å². The number of carbonyl (C=O) groups is 1. The van der Waals surface area contributed by atoms with Gasteiger partial charge in [-0.1, -0.05) is 45.9 Å². The molecule has 2 aromatic carbocycles. The van der Waals surface area contributed by atoms with Crippen molar-refractivity contribution in [2.75, 3.05) is 5.75 Å². The summed E-state index contributed by atoms with van der Waals surface area (Å²) in [6.07, 6.45) is 1.01. The Kier molecular flexibility index (Phi) is 5.20. The molecule has 0 aliphatic carbocycles. The molecule has 0 spiro atoms. The highest BCUT2D eigenvalue weighted by Crippen LogP contribution is 2.32. The first-order valence-corrected chi connectivity index (χ1v) is 10.3. The summed E-state index contributed by atoms with van der Waals surface area (Å²) in [5.74, 6) is 0.263. The van der Waals surface area contributed by atoms with Crippen LogP contribution in [-0.4, -0.2) is 26.8 Å². The predicted octanol–water partition coefficient (Wildman–Crippen LogP) is 2.42. The Morgan fingerprint density at radius 1 is 1.34 bits per heavy atom. The molecule has 2 heterocycles. The van der Waals surface area contributed by atoms with E-state index in [2.05, 4.69) is 32.9 Å². The molecule has 2 aromatic rings. The van der Waals surface area contributed by atoms with Crippen LogP contribution in [-0.2, 0) is 4.79 Å². The van der Waals surface area contributed by atoms with E-state index in [-0.39, 0.29) is 11.6 Å². The molecule has 0 saturated heterocycles. The maximum absolute atomic E-state index is 13.0. The molecule has 2 aliphatic rings. The standard InChI is InChI=1S/C19H14BrN5O3S/c1-2-8-29-19-22-18(26)16-14-10-12(20)6-7-15(14)21-17(24(16)23-19)11-4-3-5-13(9-11)25(27)28/h2-7,9-10,17H,1,8H2,(H,22,23,26)/t17-/m0/s1. The molecule has 10 heteroatoms. The largest absolute Gasteiger partial charge is 0.298 e. The van der Waals surface area contributed by atoms with Crippen molar-refractivity contribution in [2.45, 2.75) is 6.17 Å². The van der Waals surface area contributed by atoms with E-state index >= 15 is 0 Å². The van der Waals surface area contributed by atoms with Gasteiger partial charge in [0.2, 0.25) is 0 Å². The Morgan fingerprint density at radius 2 is 2.17 bits per heavy atom. The molecule has 0 unspecified atom stereocenters. The van der Waals surface area contributed by atoms with Crippen LogP contribution in [0.1, 0.15) is 11.7 Å². The predicted molar refractivity (Wildman–Crippen MR) is 114 cm³/mol. The minimum Gasteiger partial charge on any atom is -0.298 e. The molecule has 1 amide bonds. The van der Waals surface area contributed by atoms with Gasteiger partial charge in [-0.15, -0.1) is 11.7 Å². The lowest BCUT2D eigenvalue weighted by Gasteiger charge is -2.34. The number of benzene rings is 2. The third-order valence-corrected chi connectivity index (χ3v) is 5.64. The highest BCUT2D eigenvalue weighted by atomic mass is 79.9. The Balaban J connectivity index is 1.93. The fourth-order valence-corrected chi connectivity index (χ4v) is 4.02. The number of hydrogen-bond donors (Lipinski definition) is 1. The lowest BCUT2D eigenvalue weighted by Crippen LogP contribution is -2.50. The van der Waals surface area contributed by atoms with Gasteiger partial charge in [-0.05, 0) is 18.2 Å². The molecule has 4 rings (SSSR count). The molecule has 0 fully saturated rings. The van der Waals surface area contributed by atoms with Crippen LogP contribution in [0.4, 0.5) is 5.69 Å². The van der Waals surface area contributed by atoms with Gasteiger partial charge in [-0.25, -0.2) is 5.01 Å². The summed E-state index contributed by atoms with van der Waals surface area (Å²) < 4.78 is 0.802. The summed E-state index contributed by atoms with van der Waals surface area (Å²) in [5, 5.41) is 21.8. The van der Waals surface area contributed by atoms with Crippen LogP contribution in [0.3, 0.4) is 0 Å². The first-order chi connectivity index (χ1) is 14.0. The second-order valence-electron chi connectivity index (χ2n) is 6.17. The monoisotopic (exact) mass is 471 g/mol. The van der Waals surface area contributed by atoms with Crippen LogP contribution in [0, 0.1) is 10.1 Å². The number of hydrogen-bond acceptors (Lipinski definition) is 7. The first kappa shape index (κ1) is 19.3. The van der Waals surface area contributed by atoms with Crippen molar-refractivity contribution in [1.82, 2.24) is 10.3 Å². The third kappa shape index (κ3) is 3.68. The van der Waals surface area contributed by atoms with Gasteiger partial charge in [-0.3, -0.25) is 25.2 Å². The van der Waals surface area contributed by atoms with Crippen LogP contribution >= 0.6 is 27.7 Å². The molecule has 2 aliphatic heterocycles. The minimum atomic E-state index is -0.705. The Bertz CT molecular complexity index is 1200. The van der Waals surface area contributed by atoms with Gasteiger partial charge in [0.25, 0.3) is 11.6 Å². The van der Waals surface area contributed by atoms with Gasteiger partial charge in [0.15, 0.2) is 11.3 Å². The summed E-state index contributed by atoms with van der Waals surface area (Å²) in [5.41, 5.74) is 0.861. The van der Waals surface area contributed by atoms with Crippen molar-refractivity contribution in [3.8, 4) is 0 Å². The van der Waals surface area contributed by atoms with Crippen molar-refractivity contribution in [3.05, 3.63) is 85.8 Å². The van der Waals surface area contributed by atoms with Crippen LogP contribution in [0.5, 0.6) is 0 Å². The summed E-state index contributed by atoms with van der Waals surface area (Å²) in [6, 6.07) is 11.6. The number of rotatable bonds is 4. The molecule has 0 bridgehead atoms. The Morgan fingerprint density at radius 3 is 2.93 bits per heavy atom. The number of nitro groups is 1. The topological polar surface area (TPSA) is 100 Å². The summed E-state index contributed by atoms with van der Waals surface area (Å²) in [7, 11) is 0. The van der Waals surface area contributed by atoms with E-state index < -0.39 is 11.1 Å². The smallest absolute Gasteiger partial charge is 0.276 e. The van der Waals surface area contributed by atoms with Crippen LogP contribution in [0.25, 0.3) is 5.70 Å². The number of non-ortho nitro benzene ring substituents is 1. The first-order valence-electron chi connectivity index (χ1n) is 8.53. The number of amides is 1. The number of hydrazone groups is 1. The fraction of sp³-hybridized carbons (Fsp3) is 0.105. The zero-order valence-electron chi connectivity index (χ0n) is 14.9. The lowest BCUT2D eigenvalue weighted by atomic mass is 10.1. The maximum atomic E-state index is 13.0.